The fourth-order valence-electron chi connectivity index (χ4n) is 2.97. The van der Waals surface area contributed by atoms with E-state index in [1.54, 1.807) is 7.11 Å². The van der Waals surface area contributed by atoms with Crippen LogP contribution in [0.3, 0.4) is 0 Å². The van der Waals surface area contributed by atoms with Crippen LogP contribution in [0.4, 0.5) is 0 Å². The highest BCUT2D eigenvalue weighted by Gasteiger charge is 2.21. The Labute approximate surface area is 163 Å². The van der Waals surface area contributed by atoms with E-state index in [0.29, 0.717) is 13.0 Å². The van der Waals surface area contributed by atoms with Crippen LogP contribution in [0.15, 0.2) is 53.0 Å². The number of aliphatic hydroxyl groups is 2. The number of aliphatic hydroxyl groups excluding tert-OH is 2. The molecule has 3 atom stereocenters. The molecule has 2 N–H and O–H groups in total. The minimum atomic E-state index is -0.852. The van der Waals surface area contributed by atoms with Gasteiger partial charge in [0.15, 0.2) is 0 Å². The van der Waals surface area contributed by atoms with Gasteiger partial charge in [-0.05, 0) is 48.1 Å². The van der Waals surface area contributed by atoms with E-state index >= 15 is 0 Å². The molecule has 0 saturated carbocycles. The van der Waals surface area contributed by atoms with Gasteiger partial charge in [-0.15, -0.1) is 0 Å². The Hall–Kier alpha value is -1.40. The van der Waals surface area contributed by atoms with Gasteiger partial charge in [-0.2, -0.15) is 0 Å². The second-order valence-corrected chi connectivity index (χ2v) is 7.55. The smallest absolute Gasteiger partial charge is 0.121 e. The van der Waals surface area contributed by atoms with E-state index in [0.717, 1.165) is 27.8 Å². The lowest BCUT2D eigenvalue weighted by Crippen LogP contribution is -2.33. The summed E-state index contributed by atoms with van der Waals surface area (Å²) in [7, 11) is 1.56. The van der Waals surface area contributed by atoms with Crippen molar-refractivity contribution in [2.45, 2.75) is 38.6 Å². The second-order valence-electron chi connectivity index (χ2n) is 6.64. The van der Waals surface area contributed by atoms with E-state index in [4.69, 9.17) is 14.6 Å². The van der Waals surface area contributed by atoms with Crippen molar-refractivity contribution in [3.63, 3.8) is 0 Å². The zero-order chi connectivity index (χ0) is 18.9. The molecule has 5 heteroatoms. The van der Waals surface area contributed by atoms with Gasteiger partial charge in [0, 0.05) is 11.6 Å². The average molecular weight is 423 g/mol. The highest BCUT2D eigenvalue weighted by molar-refractivity contribution is 9.10. The van der Waals surface area contributed by atoms with Crippen molar-refractivity contribution in [1.29, 1.82) is 0 Å². The fourth-order valence-corrected chi connectivity index (χ4v) is 3.49. The fraction of sp³-hybridized carbons (Fsp3) is 0.429. The first kappa shape index (κ1) is 20.9. The first-order valence-electron chi connectivity index (χ1n) is 8.79. The molecule has 0 aromatic heterocycles. The lowest BCUT2D eigenvalue weighted by Gasteiger charge is -2.23. The van der Waals surface area contributed by atoms with Crippen LogP contribution in [0.25, 0.3) is 0 Å². The zero-order valence-electron chi connectivity index (χ0n) is 15.3. The van der Waals surface area contributed by atoms with Crippen molar-refractivity contribution < 1.29 is 19.7 Å². The molecule has 0 saturated heterocycles. The van der Waals surface area contributed by atoms with E-state index in [1.165, 1.54) is 0 Å². The molecule has 0 unspecified atom stereocenters. The number of hydrogen-bond donors (Lipinski definition) is 2. The monoisotopic (exact) mass is 422 g/mol. The van der Waals surface area contributed by atoms with Crippen LogP contribution in [0.1, 0.15) is 24.5 Å². The number of benzene rings is 2. The number of methoxy groups -OCH3 is 1. The standard InChI is InChI=1S/C21H27BrO4/c1-15(9-21(25-2)20(24)13-23)8-17-10-18(22)12-19(11-17)26-14-16-6-4-3-5-7-16/h3-7,10-12,15,20-21,23-24H,8-9,13-14H2,1-2H3/t15-,20-,21+/m1/s1. The largest absolute Gasteiger partial charge is 0.489 e. The molecule has 2 rings (SSSR count). The Morgan fingerprint density at radius 1 is 1.08 bits per heavy atom. The van der Waals surface area contributed by atoms with Crippen LogP contribution in [0.2, 0.25) is 0 Å². The van der Waals surface area contributed by atoms with E-state index in [-0.39, 0.29) is 18.6 Å². The molecule has 0 fully saturated rings. The van der Waals surface area contributed by atoms with Crippen molar-refractivity contribution in [2.24, 2.45) is 5.92 Å². The average Bonchev–Trinajstić information content (AvgIpc) is 2.64. The van der Waals surface area contributed by atoms with E-state index in [9.17, 15) is 5.11 Å². The van der Waals surface area contributed by atoms with Crippen molar-refractivity contribution >= 4 is 15.9 Å². The third-order valence-corrected chi connectivity index (χ3v) is 4.78. The van der Waals surface area contributed by atoms with Crippen LogP contribution < -0.4 is 4.74 Å². The minimum Gasteiger partial charge on any atom is -0.489 e. The first-order chi connectivity index (χ1) is 12.5. The minimum absolute atomic E-state index is 0.289. The molecule has 0 aliphatic heterocycles. The van der Waals surface area contributed by atoms with Gasteiger partial charge in [-0.1, -0.05) is 53.2 Å². The van der Waals surface area contributed by atoms with Gasteiger partial charge in [0.1, 0.15) is 18.5 Å². The van der Waals surface area contributed by atoms with Crippen molar-refractivity contribution in [2.75, 3.05) is 13.7 Å². The summed E-state index contributed by atoms with van der Waals surface area (Å²) in [5.41, 5.74) is 2.28. The van der Waals surface area contributed by atoms with Gasteiger partial charge >= 0.3 is 0 Å². The lowest BCUT2D eigenvalue weighted by molar-refractivity contribution is -0.0469. The molecule has 0 aliphatic carbocycles. The highest BCUT2D eigenvalue weighted by atomic mass is 79.9. The Kier molecular flexibility index (Phi) is 8.59. The van der Waals surface area contributed by atoms with E-state index in [2.05, 4.69) is 35.0 Å². The lowest BCUT2D eigenvalue weighted by atomic mass is 9.93. The van der Waals surface area contributed by atoms with Crippen LogP contribution in [0, 0.1) is 5.92 Å². The summed E-state index contributed by atoms with van der Waals surface area (Å²) in [5, 5.41) is 18.9. The van der Waals surface area contributed by atoms with Crippen LogP contribution >= 0.6 is 15.9 Å². The number of halogens is 1. The van der Waals surface area contributed by atoms with Crippen LogP contribution in [-0.4, -0.2) is 36.1 Å². The molecule has 0 spiro atoms. The number of rotatable bonds is 10. The summed E-state index contributed by atoms with van der Waals surface area (Å²) in [5.74, 6) is 1.11. The van der Waals surface area contributed by atoms with Gasteiger partial charge in [-0.25, -0.2) is 0 Å². The zero-order valence-corrected chi connectivity index (χ0v) is 16.9. The third-order valence-electron chi connectivity index (χ3n) is 4.32. The number of hydrogen-bond acceptors (Lipinski definition) is 4. The SMILES string of the molecule is CO[C@@H](C[C@H](C)Cc1cc(Br)cc(OCc2ccccc2)c1)[C@H](O)CO. The maximum absolute atomic E-state index is 9.80. The molecule has 26 heavy (non-hydrogen) atoms. The Bertz CT molecular complexity index is 662. The quantitative estimate of drug-likeness (QED) is 0.608. The Morgan fingerprint density at radius 3 is 2.46 bits per heavy atom. The van der Waals surface area contributed by atoms with Gasteiger partial charge in [-0.3, -0.25) is 0 Å². The van der Waals surface area contributed by atoms with E-state index < -0.39 is 6.10 Å². The van der Waals surface area contributed by atoms with Crippen molar-refractivity contribution in [3.05, 3.63) is 64.1 Å². The summed E-state index contributed by atoms with van der Waals surface area (Å²) in [6, 6.07) is 16.2. The van der Waals surface area contributed by atoms with Gasteiger partial charge in [0.05, 0.1) is 12.7 Å². The van der Waals surface area contributed by atoms with Gasteiger partial charge in [0.25, 0.3) is 0 Å². The predicted molar refractivity (Wildman–Crippen MR) is 106 cm³/mol. The van der Waals surface area contributed by atoms with Gasteiger partial charge in [0.2, 0.25) is 0 Å². The topological polar surface area (TPSA) is 58.9 Å². The van der Waals surface area contributed by atoms with E-state index in [1.807, 2.05) is 36.4 Å². The highest BCUT2D eigenvalue weighted by Crippen LogP contribution is 2.25. The molecule has 0 amide bonds. The Balaban J connectivity index is 1.97. The second kappa shape index (κ2) is 10.7. The normalized spacial score (nSPS) is 14.7. The molecule has 2 aromatic rings. The summed E-state index contributed by atoms with van der Waals surface area (Å²) < 4.78 is 12.2. The molecule has 0 heterocycles. The summed E-state index contributed by atoms with van der Waals surface area (Å²) in [6.45, 7) is 2.35. The summed E-state index contributed by atoms with van der Waals surface area (Å²) >= 11 is 3.55. The molecule has 2 aromatic carbocycles. The molecule has 0 radical (unpaired) electrons. The van der Waals surface area contributed by atoms with Crippen molar-refractivity contribution in [3.8, 4) is 5.75 Å². The maximum atomic E-state index is 9.80. The molecule has 4 nitrogen and oxygen atoms in total. The maximum Gasteiger partial charge on any atom is 0.121 e. The first-order valence-corrected chi connectivity index (χ1v) is 9.59. The van der Waals surface area contributed by atoms with Crippen LogP contribution in [0.5, 0.6) is 5.75 Å². The van der Waals surface area contributed by atoms with Crippen molar-refractivity contribution in [1.82, 2.24) is 0 Å². The molecular weight excluding hydrogens is 396 g/mol. The van der Waals surface area contributed by atoms with Gasteiger partial charge < -0.3 is 19.7 Å². The Morgan fingerprint density at radius 2 is 1.81 bits per heavy atom. The molecule has 142 valence electrons. The summed E-state index contributed by atoms with van der Waals surface area (Å²) in [6.07, 6.45) is 0.287. The molecule has 0 aliphatic rings. The number of ether oxygens (including phenoxy) is 2. The van der Waals surface area contributed by atoms with Crippen LogP contribution in [-0.2, 0) is 17.8 Å². The predicted octanol–water partition coefficient (Wildman–Crippen LogP) is 3.97. The molecular formula is C21H27BrO4. The third kappa shape index (κ3) is 6.72. The molecule has 0 bridgehead atoms. The summed E-state index contributed by atoms with van der Waals surface area (Å²) in [4.78, 5) is 0.